The highest BCUT2D eigenvalue weighted by Gasteiger charge is 2.28. The van der Waals surface area contributed by atoms with Crippen LogP contribution in [-0.2, 0) is 19.2 Å². The van der Waals surface area contributed by atoms with Crippen LogP contribution < -0.4 is 11.1 Å². The number of carbonyl (C=O) groups is 4. The predicted molar refractivity (Wildman–Crippen MR) is 76.0 cm³/mol. The van der Waals surface area contributed by atoms with Crippen LogP contribution in [0.2, 0.25) is 0 Å². The largest absolute Gasteiger partial charge is 0.481 e. The van der Waals surface area contributed by atoms with E-state index in [9.17, 15) is 19.2 Å². The normalized spacial score (nSPS) is 13.5. The SMILES string of the molecule is NCCN(CCNC(CC(=O)O)C(=O)O)C(CC(=O)O)C(=O)O. The van der Waals surface area contributed by atoms with Crippen LogP contribution in [-0.4, -0.2) is 87.5 Å². The molecule has 0 saturated heterocycles. The van der Waals surface area contributed by atoms with E-state index in [1.807, 2.05) is 0 Å². The van der Waals surface area contributed by atoms with Crippen molar-refractivity contribution in [1.82, 2.24) is 10.2 Å². The molecule has 11 nitrogen and oxygen atoms in total. The van der Waals surface area contributed by atoms with Gasteiger partial charge in [0.05, 0.1) is 12.8 Å². The van der Waals surface area contributed by atoms with Crippen molar-refractivity contribution in [1.29, 1.82) is 0 Å². The van der Waals surface area contributed by atoms with E-state index in [1.54, 1.807) is 0 Å². The fourth-order valence-electron chi connectivity index (χ4n) is 1.93. The first kappa shape index (κ1) is 20.8. The fourth-order valence-corrected chi connectivity index (χ4v) is 1.93. The van der Waals surface area contributed by atoms with Gasteiger partial charge in [-0.05, 0) is 0 Å². The van der Waals surface area contributed by atoms with E-state index in [0.717, 1.165) is 0 Å². The van der Waals surface area contributed by atoms with Crippen LogP contribution in [0.3, 0.4) is 0 Å². The Morgan fingerprint density at radius 3 is 1.87 bits per heavy atom. The zero-order valence-corrected chi connectivity index (χ0v) is 12.3. The molecule has 0 saturated carbocycles. The summed E-state index contributed by atoms with van der Waals surface area (Å²) in [6.45, 7) is 0.155. The first-order chi connectivity index (χ1) is 10.7. The number of nitrogens with one attached hydrogen (secondary N) is 1. The Kier molecular flexibility index (Phi) is 9.46. The third-order valence-electron chi connectivity index (χ3n) is 2.98. The lowest BCUT2D eigenvalue weighted by Gasteiger charge is -2.28. The summed E-state index contributed by atoms with van der Waals surface area (Å²) in [5.41, 5.74) is 5.37. The quantitative estimate of drug-likeness (QED) is 0.212. The van der Waals surface area contributed by atoms with Crippen LogP contribution in [0.15, 0.2) is 0 Å². The van der Waals surface area contributed by atoms with Gasteiger partial charge in [0.15, 0.2) is 0 Å². The summed E-state index contributed by atoms with van der Waals surface area (Å²) in [6, 6.07) is -2.63. The number of aliphatic carboxylic acids is 4. The second kappa shape index (κ2) is 10.5. The van der Waals surface area contributed by atoms with Crippen molar-refractivity contribution >= 4 is 23.9 Å². The van der Waals surface area contributed by atoms with Crippen molar-refractivity contribution < 1.29 is 39.6 Å². The van der Waals surface area contributed by atoms with Gasteiger partial charge in [-0.15, -0.1) is 0 Å². The lowest BCUT2D eigenvalue weighted by Crippen LogP contribution is -2.49. The van der Waals surface area contributed by atoms with E-state index in [1.165, 1.54) is 4.90 Å². The molecule has 132 valence electrons. The Balaban J connectivity index is 4.73. The summed E-state index contributed by atoms with van der Waals surface area (Å²) in [5.74, 6) is -5.26. The molecule has 0 aliphatic heterocycles. The monoisotopic (exact) mass is 335 g/mol. The topological polar surface area (TPSA) is 190 Å². The Morgan fingerprint density at radius 1 is 0.913 bits per heavy atom. The van der Waals surface area contributed by atoms with Crippen molar-refractivity contribution in [2.24, 2.45) is 5.73 Å². The summed E-state index contributed by atoms with van der Waals surface area (Å²) in [5, 5.41) is 37.8. The first-order valence-corrected chi connectivity index (χ1v) is 6.75. The molecule has 0 bridgehead atoms. The fraction of sp³-hybridized carbons (Fsp3) is 0.667. The standard InChI is InChI=1S/C12H21N3O8/c13-1-3-15(8(12(22)23)6-10(18)19)4-2-14-7(11(20)21)5-9(16)17/h7-8,14H,1-6,13H2,(H,16,17)(H,18,19)(H,20,21)(H,22,23). The van der Waals surface area contributed by atoms with Gasteiger partial charge in [0.1, 0.15) is 12.1 Å². The molecule has 0 aromatic carbocycles. The molecule has 0 aliphatic carbocycles. The third kappa shape index (κ3) is 8.70. The maximum atomic E-state index is 11.2. The molecular formula is C12H21N3O8. The molecule has 2 unspecified atom stereocenters. The summed E-state index contributed by atoms with van der Waals surface area (Å²) < 4.78 is 0. The highest BCUT2D eigenvalue weighted by Crippen LogP contribution is 2.05. The van der Waals surface area contributed by atoms with Gasteiger partial charge in [-0.3, -0.25) is 24.1 Å². The van der Waals surface area contributed by atoms with Gasteiger partial charge < -0.3 is 31.5 Å². The summed E-state index contributed by atoms with van der Waals surface area (Å²) in [6.07, 6.45) is -1.27. The van der Waals surface area contributed by atoms with Gasteiger partial charge in [-0.1, -0.05) is 0 Å². The molecule has 2 atom stereocenters. The molecule has 0 fully saturated rings. The van der Waals surface area contributed by atoms with Crippen LogP contribution in [0.4, 0.5) is 0 Å². The minimum absolute atomic E-state index is 0.00481. The molecule has 23 heavy (non-hydrogen) atoms. The Labute approximate surface area is 131 Å². The molecule has 0 aromatic heterocycles. The Hall–Kier alpha value is -2.24. The minimum atomic E-state index is -1.35. The maximum Gasteiger partial charge on any atom is 0.321 e. The van der Waals surface area contributed by atoms with Crippen molar-refractivity contribution in [2.75, 3.05) is 26.2 Å². The number of carboxylic acids is 4. The molecular weight excluding hydrogens is 314 g/mol. The van der Waals surface area contributed by atoms with E-state index in [4.69, 9.17) is 26.2 Å². The highest BCUT2D eigenvalue weighted by molar-refractivity contribution is 5.81. The van der Waals surface area contributed by atoms with Crippen LogP contribution in [0.1, 0.15) is 12.8 Å². The van der Waals surface area contributed by atoms with E-state index in [2.05, 4.69) is 5.32 Å². The van der Waals surface area contributed by atoms with E-state index in [-0.39, 0.29) is 26.2 Å². The maximum absolute atomic E-state index is 11.2. The smallest absolute Gasteiger partial charge is 0.321 e. The average molecular weight is 335 g/mol. The zero-order valence-electron chi connectivity index (χ0n) is 12.3. The van der Waals surface area contributed by atoms with Crippen LogP contribution in [0.25, 0.3) is 0 Å². The van der Waals surface area contributed by atoms with E-state index < -0.39 is 48.8 Å². The van der Waals surface area contributed by atoms with Gasteiger partial charge in [0, 0.05) is 26.2 Å². The van der Waals surface area contributed by atoms with Crippen molar-refractivity contribution in [3.05, 3.63) is 0 Å². The van der Waals surface area contributed by atoms with Crippen molar-refractivity contribution in [3.63, 3.8) is 0 Å². The number of rotatable bonds is 13. The predicted octanol–water partition coefficient (Wildman–Crippen LogP) is -2.31. The van der Waals surface area contributed by atoms with Gasteiger partial charge >= 0.3 is 23.9 Å². The highest BCUT2D eigenvalue weighted by atomic mass is 16.4. The molecule has 0 aliphatic rings. The number of carboxylic acid groups (broad SMARTS) is 4. The second-order valence-electron chi connectivity index (χ2n) is 4.72. The van der Waals surface area contributed by atoms with Gasteiger partial charge in [-0.25, -0.2) is 0 Å². The molecule has 0 radical (unpaired) electrons. The van der Waals surface area contributed by atoms with Crippen molar-refractivity contribution in [3.8, 4) is 0 Å². The van der Waals surface area contributed by atoms with Crippen LogP contribution in [0.5, 0.6) is 0 Å². The third-order valence-corrected chi connectivity index (χ3v) is 2.98. The molecule has 0 rings (SSSR count). The van der Waals surface area contributed by atoms with Gasteiger partial charge in [-0.2, -0.15) is 0 Å². The summed E-state index contributed by atoms with van der Waals surface area (Å²) in [4.78, 5) is 44.6. The minimum Gasteiger partial charge on any atom is -0.481 e. The number of hydrogen-bond acceptors (Lipinski definition) is 7. The molecule has 0 spiro atoms. The van der Waals surface area contributed by atoms with Gasteiger partial charge in [0.25, 0.3) is 0 Å². The van der Waals surface area contributed by atoms with Crippen LogP contribution >= 0.6 is 0 Å². The molecule has 11 heteroatoms. The lowest BCUT2D eigenvalue weighted by molar-refractivity contribution is -0.149. The first-order valence-electron chi connectivity index (χ1n) is 6.75. The molecule has 0 amide bonds. The van der Waals surface area contributed by atoms with Crippen molar-refractivity contribution in [2.45, 2.75) is 24.9 Å². The zero-order chi connectivity index (χ0) is 18.0. The Morgan fingerprint density at radius 2 is 1.48 bits per heavy atom. The number of nitrogens with zero attached hydrogens (tertiary/aromatic N) is 1. The molecule has 0 heterocycles. The average Bonchev–Trinajstić information content (AvgIpc) is 2.41. The second-order valence-corrected chi connectivity index (χ2v) is 4.72. The number of nitrogens with two attached hydrogens (primary N) is 1. The summed E-state index contributed by atoms with van der Waals surface area (Å²) in [7, 11) is 0. The molecule has 0 aromatic rings. The van der Waals surface area contributed by atoms with Crippen LogP contribution in [0, 0.1) is 0 Å². The lowest BCUT2D eigenvalue weighted by atomic mass is 10.1. The molecule has 7 N–H and O–H groups in total. The number of hydrogen-bond donors (Lipinski definition) is 6. The summed E-state index contributed by atoms with van der Waals surface area (Å²) >= 11 is 0. The Bertz CT molecular complexity index is 442. The van der Waals surface area contributed by atoms with Gasteiger partial charge in [0.2, 0.25) is 0 Å². The van der Waals surface area contributed by atoms with E-state index >= 15 is 0 Å². The van der Waals surface area contributed by atoms with E-state index in [0.29, 0.717) is 0 Å².